The maximum Gasteiger partial charge on any atom is 0.410 e. The average molecular weight is 456 g/mol. The van der Waals surface area contributed by atoms with E-state index < -0.39 is 0 Å². The minimum atomic E-state index is -0.262. The molecular formula is C23H25N3O3S2. The van der Waals surface area contributed by atoms with Crippen LogP contribution in [-0.4, -0.2) is 36.1 Å². The molecule has 2 heterocycles. The molecule has 0 saturated heterocycles. The lowest BCUT2D eigenvalue weighted by Crippen LogP contribution is -2.38. The van der Waals surface area contributed by atoms with Gasteiger partial charge in [-0.3, -0.25) is 4.79 Å². The molecule has 0 bridgehead atoms. The van der Waals surface area contributed by atoms with Crippen LogP contribution in [0.2, 0.25) is 0 Å². The molecule has 2 aromatic rings. The van der Waals surface area contributed by atoms with Gasteiger partial charge in [-0.1, -0.05) is 12.8 Å². The quantitative estimate of drug-likeness (QED) is 0.628. The zero-order valence-corrected chi connectivity index (χ0v) is 19.1. The van der Waals surface area contributed by atoms with Crippen LogP contribution in [0.15, 0.2) is 22.9 Å². The van der Waals surface area contributed by atoms with Gasteiger partial charge in [0.25, 0.3) is 0 Å². The van der Waals surface area contributed by atoms with Gasteiger partial charge in [-0.2, -0.15) is 16.6 Å². The van der Waals surface area contributed by atoms with Crippen LogP contribution in [0.4, 0.5) is 9.80 Å². The Morgan fingerprint density at radius 2 is 2.13 bits per heavy atom. The Bertz CT molecular complexity index is 1010. The van der Waals surface area contributed by atoms with E-state index in [1.54, 1.807) is 22.3 Å². The normalized spacial score (nSPS) is 18.5. The van der Waals surface area contributed by atoms with Crippen molar-refractivity contribution in [2.45, 2.75) is 57.1 Å². The lowest BCUT2D eigenvalue weighted by Gasteiger charge is -2.28. The maximum atomic E-state index is 12.5. The molecule has 4 rings (SSSR count). The highest BCUT2D eigenvalue weighted by Crippen LogP contribution is 2.38. The van der Waals surface area contributed by atoms with Crippen LogP contribution < -0.4 is 5.32 Å². The van der Waals surface area contributed by atoms with E-state index in [1.807, 2.05) is 23.9 Å². The molecule has 2 aromatic heterocycles. The number of amides is 2. The van der Waals surface area contributed by atoms with E-state index in [4.69, 9.17) is 4.74 Å². The van der Waals surface area contributed by atoms with Crippen LogP contribution in [0.5, 0.6) is 0 Å². The average Bonchev–Trinajstić information content (AvgIpc) is 3.52. The van der Waals surface area contributed by atoms with E-state index in [1.165, 1.54) is 17.4 Å². The van der Waals surface area contributed by atoms with Crippen LogP contribution in [0, 0.1) is 11.3 Å². The maximum absolute atomic E-state index is 12.5. The SMILES string of the molecule is CN(C(=O)OC1CCc2c(sc(NC(=O)C=Cc3ccsc3)c2C#N)C1)C1CCCC1. The fourth-order valence-electron chi connectivity index (χ4n) is 4.22. The molecule has 1 N–H and O–H groups in total. The molecule has 6 nitrogen and oxygen atoms in total. The molecule has 1 atom stereocenters. The monoisotopic (exact) mass is 455 g/mol. The summed E-state index contributed by atoms with van der Waals surface area (Å²) in [5.41, 5.74) is 2.48. The summed E-state index contributed by atoms with van der Waals surface area (Å²) in [6.07, 6.45) is 9.12. The first-order chi connectivity index (χ1) is 15.0. The van der Waals surface area contributed by atoms with Crippen LogP contribution in [-0.2, 0) is 22.4 Å². The van der Waals surface area contributed by atoms with Crippen molar-refractivity contribution in [3.63, 3.8) is 0 Å². The van der Waals surface area contributed by atoms with Gasteiger partial charge in [-0.25, -0.2) is 4.79 Å². The summed E-state index contributed by atoms with van der Waals surface area (Å²) in [5.74, 6) is -0.262. The summed E-state index contributed by atoms with van der Waals surface area (Å²) in [6.45, 7) is 0. The Morgan fingerprint density at radius 1 is 1.32 bits per heavy atom. The number of carbonyl (C=O) groups excluding carboxylic acids is 2. The number of anilines is 1. The van der Waals surface area contributed by atoms with E-state index in [9.17, 15) is 14.9 Å². The van der Waals surface area contributed by atoms with Gasteiger partial charge >= 0.3 is 6.09 Å². The Hall–Kier alpha value is -2.63. The molecular weight excluding hydrogens is 430 g/mol. The van der Waals surface area contributed by atoms with Gasteiger partial charge in [-0.15, -0.1) is 11.3 Å². The van der Waals surface area contributed by atoms with Gasteiger partial charge in [0.05, 0.1) is 5.56 Å². The van der Waals surface area contributed by atoms with E-state index in [-0.39, 0.29) is 24.1 Å². The molecule has 1 saturated carbocycles. The summed E-state index contributed by atoms with van der Waals surface area (Å²) in [6, 6.07) is 4.46. The second-order valence-corrected chi connectivity index (χ2v) is 9.88. The van der Waals surface area contributed by atoms with Crippen LogP contribution >= 0.6 is 22.7 Å². The lowest BCUT2D eigenvalue weighted by atomic mass is 9.94. The predicted molar refractivity (Wildman–Crippen MR) is 123 cm³/mol. The minimum absolute atomic E-state index is 0.198. The summed E-state index contributed by atoms with van der Waals surface area (Å²) in [4.78, 5) is 27.6. The molecule has 8 heteroatoms. The highest BCUT2D eigenvalue weighted by molar-refractivity contribution is 7.16. The molecule has 1 unspecified atom stereocenters. The van der Waals surface area contributed by atoms with E-state index in [0.29, 0.717) is 29.8 Å². The van der Waals surface area contributed by atoms with E-state index >= 15 is 0 Å². The molecule has 0 aliphatic heterocycles. The molecule has 0 radical (unpaired) electrons. The molecule has 2 amide bonds. The molecule has 162 valence electrons. The fourth-order valence-corrected chi connectivity index (χ4v) is 6.12. The highest BCUT2D eigenvalue weighted by atomic mass is 32.1. The molecule has 2 aliphatic rings. The number of rotatable bonds is 5. The highest BCUT2D eigenvalue weighted by Gasteiger charge is 2.31. The summed E-state index contributed by atoms with van der Waals surface area (Å²) < 4.78 is 5.78. The first kappa shape index (κ1) is 21.6. The number of nitrogens with one attached hydrogen (secondary N) is 1. The van der Waals surface area contributed by atoms with Gasteiger partial charge in [-0.05, 0) is 59.7 Å². The smallest absolute Gasteiger partial charge is 0.410 e. The van der Waals surface area contributed by atoms with Crippen molar-refractivity contribution in [3.8, 4) is 6.07 Å². The Morgan fingerprint density at radius 3 is 2.84 bits per heavy atom. The number of thiophene rings is 2. The summed E-state index contributed by atoms with van der Waals surface area (Å²) in [5, 5.41) is 17.0. The van der Waals surface area contributed by atoms with Crippen LogP contribution in [0.3, 0.4) is 0 Å². The Kier molecular flexibility index (Phi) is 6.73. The Balaban J connectivity index is 1.40. The standard InChI is InChI=1S/C23H25N3O3S2/c1-26(16-4-2-3-5-16)23(28)29-17-7-8-18-19(13-24)22(31-20(18)12-17)25-21(27)9-6-15-10-11-30-14-15/h6,9-11,14,16-17H,2-5,7-8,12H2,1H3,(H,25,27). The largest absolute Gasteiger partial charge is 0.446 e. The predicted octanol–water partition coefficient (Wildman–Crippen LogP) is 5.20. The van der Waals surface area contributed by atoms with Gasteiger partial charge in [0.2, 0.25) is 5.91 Å². The van der Waals surface area contributed by atoms with Crippen LogP contribution in [0.25, 0.3) is 6.08 Å². The van der Waals surface area contributed by atoms with Crippen molar-refractivity contribution in [3.05, 3.63) is 44.5 Å². The van der Waals surface area contributed by atoms with Crippen LogP contribution in [0.1, 0.15) is 53.7 Å². The topological polar surface area (TPSA) is 82.4 Å². The summed E-state index contributed by atoms with van der Waals surface area (Å²) >= 11 is 2.98. The van der Waals surface area contributed by atoms with Crippen molar-refractivity contribution in [1.29, 1.82) is 5.26 Å². The van der Waals surface area contributed by atoms with Crippen molar-refractivity contribution < 1.29 is 14.3 Å². The number of fused-ring (bicyclic) bond motifs is 1. The number of hydrogen-bond donors (Lipinski definition) is 1. The molecule has 1 fully saturated rings. The first-order valence-corrected chi connectivity index (χ1v) is 12.3. The Labute approximate surface area is 190 Å². The summed E-state index contributed by atoms with van der Waals surface area (Å²) in [7, 11) is 1.82. The van der Waals surface area contributed by atoms with Gasteiger partial charge in [0.15, 0.2) is 0 Å². The number of hydrogen-bond acceptors (Lipinski definition) is 6. The number of carbonyl (C=O) groups is 2. The molecule has 31 heavy (non-hydrogen) atoms. The van der Waals surface area contributed by atoms with Crippen molar-refractivity contribution >= 4 is 45.8 Å². The van der Waals surface area contributed by atoms with E-state index in [2.05, 4.69) is 11.4 Å². The zero-order chi connectivity index (χ0) is 21.8. The third-order valence-electron chi connectivity index (χ3n) is 5.97. The zero-order valence-electron chi connectivity index (χ0n) is 17.4. The van der Waals surface area contributed by atoms with Gasteiger partial charge in [0.1, 0.15) is 17.2 Å². The minimum Gasteiger partial charge on any atom is -0.446 e. The van der Waals surface area contributed by atoms with Gasteiger partial charge < -0.3 is 15.0 Å². The van der Waals surface area contributed by atoms with Crippen molar-refractivity contribution in [2.75, 3.05) is 12.4 Å². The molecule has 0 aromatic carbocycles. The lowest BCUT2D eigenvalue weighted by molar-refractivity contribution is -0.111. The van der Waals surface area contributed by atoms with Gasteiger partial charge in [0, 0.05) is 30.5 Å². The number of nitriles is 1. The van der Waals surface area contributed by atoms with Crippen molar-refractivity contribution in [2.24, 2.45) is 0 Å². The number of nitrogens with zero attached hydrogens (tertiary/aromatic N) is 2. The first-order valence-electron chi connectivity index (χ1n) is 10.5. The fraction of sp³-hybridized carbons (Fsp3) is 0.435. The third kappa shape index (κ3) is 5.00. The third-order valence-corrected chi connectivity index (χ3v) is 7.84. The molecule has 0 spiro atoms. The van der Waals surface area contributed by atoms with E-state index in [0.717, 1.165) is 41.7 Å². The second kappa shape index (κ2) is 9.67. The van der Waals surface area contributed by atoms with Crippen molar-refractivity contribution in [1.82, 2.24) is 4.90 Å². The second-order valence-electron chi connectivity index (χ2n) is 8.00. The molecule has 2 aliphatic carbocycles. The number of ether oxygens (including phenoxy) is 1.